The van der Waals surface area contributed by atoms with Crippen molar-refractivity contribution in [3.05, 3.63) is 53.2 Å². The molecule has 3 heterocycles. The van der Waals surface area contributed by atoms with E-state index < -0.39 is 10.0 Å². The zero-order chi connectivity index (χ0) is 20.2. The molecule has 0 spiro atoms. The molecule has 2 aliphatic rings. The number of ether oxygens (including phenoxy) is 2. The Morgan fingerprint density at radius 2 is 2.00 bits per heavy atom. The summed E-state index contributed by atoms with van der Waals surface area (Å²) in [4.78, 5) is 8.88. The molecule has 0 N–H and O–H groups in total. The van der Waals surface area contributed by atoms with Crippen molar-refractivity contribution in [2.24, 2.45) is 0 Å². The van der Waals surface area contributed by atoms with Gasteiger partial charge in [-0.3, -0.25) is 4.31 Å². The van der Waals surface area contributed by atoms with Crippen molar-refractivity contribution >= 4 is 39.1 Å². The summed E-state index contributed by atoms with van der Waals surface area (Å²) < 4.78 is 37.6. The predicted molar refractivity (Wildman–Crippen MR) is 110 cm³/mol. The third-order valence-electron chi connectivity index (χ3n) is 4.73. The van der Waals surface area contributed by atoms with Gasteiger partial charge in [0.15, 0.2) is 16.7 Å². The van der Waals surface area contributed by atoms with Gasteiger partial charge in [0.1, 0.15) is 4.90 Å². The van der Waals surface area contributed by atoms with Crippen LogP contribution in [0.15, 0.2) is 52.6 Å². The number of benzene rings is 2. The number of halogens is 1. The van der Waals surface area contributed by atoms with Gasteiger partial charge in [0, 0.05) is 23.4 Å². The highest BCUT2D eigenvalue weighted by Gasteiger charge is 2.34. The quantitative estimate of drug-likeness (QED) is 0.444. The minimum absolute atomic E-state index is 0.0715. The van der Waals surface area contributed by atoms with Crippen molar-refractivity contribution in [1.29, 1.82) is 0 Å². The second kappa shape index (κ2) is 6.79. The molecule has 0 saturated carbocycles. The topological polar surface area (TPSA) is 81.6 Å². The minimum Gasteiger partial charge on any atom is -0.454 e. The fourth-order valence-corrected chi connectivity index (χ4v) is 5.46. The molecule has 0 unspecified atom stereocenters. The van der Waals surface area contributed by atoms with Crippen LogP contribution in [0.1, 0.15) is 5.56 Å². The fourth-order valence-electron chi connectivity index (χ4n) is 3.23. The molecule has 10 heteroatoms. The third-order valence-corrected chi connectivity index (χ3v) is 7.67. The van der Waals surface area contributed by atoms with Crippen LogP contribution in [0.5, 0.6) is 11.5 Å². The van der Waals surface area contributed by atoms with Gasteiger partial charge in [0.05, 0.1) is 17.6 Å². The zero-order valence-electron chi connectivity index (χ0n) is 15.1. The SMILES string of the molecule is CN1c2ccc(Cl)cc2-c2nc(SCc3ccc4c(c3)OCO4)ncc2S1(=O)=O. The lowest BCUT2D eigenvalue weighted by Crippen LogP contribution is -2.31. The number of hydrogen-bond acceptors (Lipinski definition) is 7. The Kier molecular flexibility index (Phi) is 4.34. The number of thioether (sulfide) groups is 1. The lowest BCUT2D eigenvalue weighted by Gasteiger charge is -2.28. The number of aromatic nitrogens is 2. The highest BCUT2D eigenvalue weighted by Crippen LogP contribution is 2.42. The Balaban J connectivity index is 1.50. The van der Waals surface area contributed by atoms with Gasteiger partial charge in [0.25, 0.3) is 10.0 Å². The summed E-state index contributed by atoms with van der Waals surface area (Å²) in [6.07, 6.45) is 1.36. The molecule has 29 heavy (non-hydrogen) atoms. The lowest BCUT2D eigenvalue weighted by atomic mass is 10.1. The first-order chi connectivity index (χ1) is 13.9. The van der Waals surface area contributed by atoms with Crippen LogP contribution in [-0.2, 0) is 15.8 Å². The summed E-state index contributed by atoms with van der Waals surface area (Å²) in [5.41, 5.74) is 2.59. The molecule has 0 bridgehead atoms. The molecule has 148 valence electrons. The lowest BCUT2D eigenvalue weighted by molar-refractivity contribution is 0.174. The van der Waals surface area contributed by atoms with Crippen molar-refractivity contribution in [3.63, 3.8) is 0 Å². The Hall–Kier alpha value is -2.49. The number of nitrogens with zero attached hydrogens (tertiary/aromatic N) is 3. The van der Waals surface area contributed by atoms with E-state index in [0.717, 1.165) is 11.3 Å². The molecule has 7 nitrogen and oxygen atoms in total. The van der Waals surface area contributed by atoms with Gasteiger partial charge in [-0.15, -0.1) is 0 Å². The van der Waals surface area contributed by atoms with Crippen LogP contribution in [0.2, 0.25) is 5.02 Å². The summed E-state index contributed by atoms with van der Waals surface area (Å²) in [7, 11) is -2.20. The predicted octanol–water partition coefficient (Wildman–Crippen LogP) is 3.96. The molecule has 0 fully saturated rings. The van der Waals surface area contributed by atoms with E-state index in [4.69, 9.17) is 21.1 Å². The van der Waals surface area contributed by atoms with Gasteiger partial charge in [-0.1, -0.05) is 29.4 Å². The monoisotopic (exact) mass is 447 g/mol. The Morgan fingerprint density at radius 3 is 2.86 bits per heavy atom. The van der Waals surface area contributed by atoms with E-state index in [0.29, 0.717) is 38.6 Å². The van der Waals surface area contributed by atoms with Gasteiger partial charge in [-0.25, -0.2) is 18.4 Å². The normalized spacial score (nSPS) is 15.7. The average molecular weight is 448 g/mol. The molecule has 1 aromatic heterocycles. The van der Waals surface area contributed by atoms with Gasteiger partial charge in [-0.05, 0) is 35.9 Å². The largest absolute Gasteiger partial charge is 0.454 e. The van der Waals surface area contributed by atoms with Gasteiger partial charge >= 0.3 is 0 Å². The van der Waals surface area contributed by atoms with E-state index in [1.54, 1.807) is 18.2 Å². The molecule has 0 saturated heterocycles. The molecule has 0 atom stereocenters. The summed E-state index contributed by atoms with van der Waals surface area (Å²) in [6.45, 7) is 0.227. The van der Waals surface area contributed by atoms with E-state index >= 15 is 0 Å². The van der Waals surface area contributed by atoms with Crippen molar-refractivity contribution in [2.45, 2.75) is 15.8 Å². The fraction of sp³-hybridized carbons (Fsp3) is 0.158. The first-order valence-electron chi connectivity index (χ1n) is 8.61. The van der Waals surface area contributed by atoms with Crippen LogP contribution in [0.25, 0.3) is 11.3 Å². The van der Waals surface area contributed by atoms with E-state index in [-0.39, 0.29) is 11.7 Å². The van der Waals surface area contributed by atoms with E-state index in [9.17, 15) is 8.42 Å². The average Bonchev–Trinajstić information content (AvgIpc) is 3.18. The number of anilines is 1. The zero-order valence-corrected chi connectivity index (χ0v) is 17.5. The summed E-state index contributed by atoms with van der Waals surface area (Å²) >= 11 is 7.56. The Bertz CT molecular complexity index is 1250. The van der Waals surface area contributed by atoms with Crippen molar-refractivity contribution in [3.8, 4) is 22.8 Å². The Labute approximate surface area is 176 Å². The maximum atomic E-state index is 12.8. The molecule has 0 amide bonds. The van der Waals surface area contributed by atoms with Crippen LogP contribution in [0, 0.1) is 0 Å². The standard InChI is InChI=1S/C19H14ClN3O4S2/c1-23-14-4-3-12(20)7-13(14)18-17(29(23,24)25)8-21-19(22-18)28-9-11-2-5-15-16(6-11)27-10-26-15/h2-8H,9-10H2,1H3. The van der Waals surface area contributed by atoms with E-state index in [1.807, 2.05) is 18.2 Å². The van der Waals surface area contributed by atoms with Crippen LogP contribution in [-0.4, -0.2) is 32.2 Å². The third kappa shape index (κ3) is 3.09. The second-order valence-corrected chi connectivity index (χ2v) is 9.79. The maximum absolute atomic E-state index is 12.8. The highest BCUT2D eigenvalue weighted by molar-refractivity contribution is 7.98. The molecule has 3 aromatic rings. The van der Waals surface area contributed by atoms with E-state index in [1.165, 1.54) is 29.3 Å². The second-order valence-electron chi connectivity index (χ2n) is 6.48. The molecule has 2 aromatic carbocycles. The molecule has 0 aliphatic carbocycles. The van der Waals surface area contributed by atoms with Gasteiger partial charge < -0.3 is 9.47 Å². The Morgan fingerprint density at radius 1 is 1.17 bits per heavy atom. The van der Waals surface area contributed by atoms with Crippen molar-refractivity contribution < 1.29 is 17.9 Å². The summed E-state index contributed by atoms with van der Waals surface area (Å²) in [5, 5.41) is 0.989. The highest BCUT2D eigenvalue weighted by atomic mass is 35.5. The maximum Gasteiger partial charge on any atom is 0.267 e. The van der Waals surface area contributed by atoms with Crippen LogP contribution >= 0.6 is 23.4 Å². The smallest absolute Gasteiger partial charge is 0.267 e. The molecular weight excluding hydrogens is 434 g/mol. The number of rotatable bonds is 3. The van der Waals surface area contributed by atoms with Crippen LogP contribution < -0.4 is 13.8 Å². The van der Waals surface area contributed by atoms with E-state index in [2.05, 4.69) is 9.97 Å². The minimum atomic E-state index is -3.71. The molecule has 2 aliphatic heterocycles. The molecular formula is C19H14ClN3O4S2. The van der Waals surface area contributed by atoms with Gasteiger partial charge in [-0.2, -0.15) is 0 Å². The number of sulfonamides is 1. The summed E-state index contributed by atoms with van der Waals surface area (Å²) in [5.74, 6) is 2.04. The first-order valence-corrected chi connectivity index (χ1v) is 11.4. The summed E-state index contributed by atoms with van der Waals surface area (Å²) in [6, 6.07) is 10.8. The van der Waals surface area contributed by atoms with Gasteiger partial charge in [0.2, 0.25) is 6.79 Å². The first kappa shape index (κ1) is 18.5. The number of hydrogen-bond donors (Lipinski definition) is 0. The molecule has 0 radical (unpaired) electrons. The van der Waals surface area contributed by atoms with Crippen LogP contribution in [0.4, 0.5) is 5.69 Å². The molecule has 5 rings (SSSR count). The number of fused-ring (bicyclic) bond motifs is 4. The van der Waals surface area contributed by atoms with Crippen LogP contribution in [0.3, 0.4) is 0 Å². The van der Waals surface area contributed by atoms with Crippen molar-refractivity contribution in [2.75, 3.05) is 18.1 Å². The van der Waals surface area contributed by atoms with Crippen molar-refractivity contribution in [1.82, 2.24) is 9.97 Å².